The second-order valence-corrected chi connectivity index (χ2v) is 5.59. The number of rotatable bonds is 3. The minimum Gasteiger partial charge on any atom is -0.465 e. The van der Waals surface area contributed by atoms with Crippen LogP contribution in [0.25, 0.3) is 11.4 Å². The van der Waals surface area contributed by atoms with E-state index in [1.165, 1.54) is 4.90 Å². The molecule has 0 aliphatic carbocycles. The van der Waals surface area contributed by atoms with E-state index in [2.05, 4.69) is 15.1 Å². The molecule has 0 radical (unpaired) electrons. The summed E-state index contributed by atoms with van der Waals surface area (Å²) in [7, 11) is 3.42. The predicted molar refractivity (Wildman–Crippen MR) is 85.1 cm³/mol. The number of hydrogen-bond donors (Lipinski definition) is 2. The second-order valence-electron chi connectivity index (χ2n) is 5.59. The summed E-state index contributed by atoms with van der Waals surface area (Å²) in [6.45, 7) is 1.31. The monoisotopic (exact) mass is 317 g/mol. The Kier molecular flexibility index (Phi) is 3.77. The maximum absolute atomic E-state index is 11.1. The molecule has 3 rings (SSSR count). The minimum absolute atomic E-state index is 0.0520. The molecule has 1 aliphatic rings. The third-order valence-electron chi connectivity index (χ3n) is 4.15. The molecule has 23 heavy (non-hydrogen) atoms. The zero-order valence-electron chi connectivity index (χ0n) is 13.0. The van der Waals surface area contributed by atoms with Gasteiger partial charge in [-0.2, -0.15) is 10.1 Å². The molecule has 0 aromatic carbocycles. The van der Waals surface area contributed by atoms with Crippen LogP contribution >= 0.6 is 0 Å². The Bertz CT molecular complexity index is 730. The van der Waals surface area contributed by atoms with Crippen molar-refractivity contribution in [1.82, 2.24) is 24.6 Å². The van der Waals surface area contributed by atoms with Crippen LogP contribution in [0.1, 0.15) is 6.42 Å². The van der Waals surface area contributed by atoms with Gasteiger partial charge in [0.05, 0.1) is 17.4 Å². The average Bonchev–Trinajstić information content (AvgIpc) is 3.14. The smallest absolute Gasteiger partial charge is 0.407 e. The zero-order chi connectivity index (χ0) is 16.6. The van der Waals surface area contributed by atoms with E-state index in [1.807, 2.05) is 24.1 Å². The first-order chi connectivity index (χ1) is 11.0. The number of aryl methyl sites for hydroxylation is 1. The molecular formula is C14H19N7O2. The molecule has 3 N–H and O–H groups in total. The van der Waals surface area contributed by atoms with Gasteiger partial charge in [-0.3, -0.25) is 4.68 Å². The lowest BCUT2D eigenvalue weighted by molar-refractivity contribution is 0.142. The van der Waals surface area contributed by atoms with E-state index in [-0.39, 0.29) is 12.0 Å². The highest BCUT2D eigenvalue weighted by Crippen LogP contribution is 2.25. The number of nitrogens with zero attached hydrogens (tertiary/aromatic N) is 6. The number of anilines is 2. The minimum atomic E-state index is -0.922. The summed E-state index contributed by atoms with van der Waals surface area (Å²) in [5, 5.41) is 13.2. The van der Waals surface area contributed by atoms with Gasteiger partial charge in [0.2, 0.25) is 5.95 Å². The van der Waals surface area contributed by atoms with E-state index in [9.17, 15) is 4.79 Å². The van der Waals surface area contributed by atoms with Gasteiger partial charge in [0.15, 0.2) is 0 Å². The highest BCUT2D eigenvalue weighted by Gasteiger charge is 2.29. The number of likely N-dealkylation sites (N-methyl/N-ethyl adjacent to an activating group) is 1. The van der Waals surface area contributed by atoms with Crippen molar-refractivity contribution < 1.29 is 9.90 Å². The highest BCUT2D eigenvalue weighted by molar-refractivity contribution is 5.66. The van der Waals surface area contributed by atoms with E-state index in [0.29, 0.717) is 18.1 Å². The number of nitrogen functional groups attached to an aromatic ring is 1. The molecule has 1 fully saturated rings. The van der Waals surface area contributed by atoms with Gasteiger partial charge in [0, 0.05) is 39.4 Å². The second kappa shape index (κ2) is 5.75. The van der Waals surface area contributed by atoms with Crippen LogP contribution in [-0.4, -0.2) is 62.0 Å². The Morgan fingerprint density at radius 3 is 2.91 bits per heavy atom. The molecule has 1 atom stereocenters. The molecular weight excluding hydrogens is 298 g/mol. The first kappa shape index (κ1) is 15.1. The normalized spacial score (nSPS) is 17.5. The van der Waals surface area contributed by atoms with E-state index < -0.39 is 6.09 Å². The van der Waals surface area contributed by atoms with Gasteiger partial charge < -0.3 is 20.6 Å². The van der Waals surface area contributed by atoms with Crippen molar-refractivity contribution in [3.63, 3.8) is 0 Å². The zero-order valence-corrected chi connectivity index (χ0v) is 13.0. The Labute approximate surface area is 133 Å². The van der Waals surface area contributed by atoms with Gasteiger partial charge in [-0.25, -0.2) is 9.78 Å². The fourth-order valence-corrected chi connectivity index (χ4v) is 2.79. The quantitative estimate of drug-likeness (QED) is 0.854. The summed E-state index contributed by atoms with van der Waals surface area (Å²) < 4.78 is 1.72. The Balaban J connectivity index is 1.86. The van der Waals surface area contributed by atoms with E-state index in [4.69, 9.17) is 10.8 Å². The van der Waals surface area contributed by atoms with Crippen LogP contribution in [0.4, 0.5) is 16.6 Å². The molecule has 3 heterocycles. The van der Waals surface area contributed by atoms with Crippen LogP contribution in [0.15, 0.2) is 18.3 Å². The molecule has 1 saturated heterocycles. The number of carbonyl (C=O) groups is 1. The van der Waals surface area contributed by atoms with Gasteiger partial charge in [-0.1, -0.05) is 0 Å². The van der Waals surface area contributed by atoms with Crippen molar-refractivity contribution in [2.24, 2.45) is 7.05 Å². The molecule has 9 nitrogen and oxygen atoms in total. The third-order valence-corrected chi connectivity index (χ3v) is 4.15. The average molecular weight is 317 g/mol. The summed E-state index contributed by atoms with van der Waals surface area (Å²) in [6.07, 6.45) is 1.53. The molecule has 2 aromatic rings. The molecule has 9 heteroatoms. The standard InChI is InChI=1S/C14H19N7O2/c1-19(14(22)23)9-4-6-21(8-9)12-7-10(17-13(15)18-12)11-3-5-16-20(11)2/h3,5,7,9H,4,6,8H2,1-2H3,(H,22,23)(H2,15,17,18). The van der Waals surface area contributed by atoms with Crippen LogP contribution in [0, 0.1) is 0 Å². The molecule has 0 saturated carbocycles. The molecule has 1 aliphatic heterocycles. The predicted octanol–water partition coefficient (Wildman–Crippen LogP) is 0.648. The molecule has 2 aromatic heterocycles. The van der Waals surface area contributed by atoms with Gasteiger partial charge in [-0.15, -0.1) is 0 Å². The van der Waals surface area contributed by atoms with Crippen molar-refractivity contribution in [2.75, 3.05) is 30.8 Å². The molecule has 1 amide bonds. The lowest BCUT2D eigenvalue weighted by Gasteiger charge is -2.22. The van der Waals surface area contributed by atoms with Crippen LogP contribution < -0.4 is 10.6 Å². The molecule has 1 unspecified atom stereocenters. The first-order valence-electron chi connectivity index (χ1n) is 7.29. The lowest BCUT2D eigenvalue weighted by Crippen LogP contribution is -2.38. The van der Waals surface area contributed by atoms with Gasteiger partial charge >= 0.3 is 6.09 Å². The van der Waals surface area contributed by atoms with Crippen molar-refractivity contribution in [2.45, 2.75) is 12.5 Å². The number of aromatic nitrogens is 4. The first-order valence-corrected chi connectivity index (χ1v) is 7.29. The van der Waals surface area contributed by atoms with E-state index in [0.717, 1.165) is 18.7 Å². The van der Waals surface area contributed by atoms with Crippen LogP contribution in [0.2, 0.25) is 0 Å². The Morgan fingerprint density at radius 1 is 1.48 bits per heavy atom. The fourth-order valence-electron chi connectivity index (χ4n) is 2.79. The van der Waals surface area contributed by atoms with Crippen LogP contribution in [0.3, 0.4) is 0 Å². The molecule has 122 valence electrons. The van der Waals surface area contributed by atoms with E-state index in [1.54, 1.807) is 17.9 Å². The molecule has 0 bridgehead atoms. The molecule has 0 spiro atoms. The number of hydrogen-bond acceptors (Lipinski definition) is 6. The van der Waals surface area contributed by atoms with Crippen molar-refractivity contribution in [1.29, 1.82) is 0 Å². The topological polar surface area (TPSA) is 113 Å². The number of carboxylic acid groups (broad SMARTS) is 1. The number of nitrogens with two attached hydrogens (primary N) is 1. The largest absolute Gasteiger partial charge is 0.465 e. The summed E-state index contributed by atoms with van der Waals surface area (Å²) in [4.78, 5) is 23.0. The maximum atomic E-state index is 11.1. The summed E-state index contributed by atoms with van der Waals surface area (Å²) in [5.74, 6) is 0.892. The lowest BCUT2D eigenvalue weighted by atomic mass is 10.2. The van der Waals surface area contributed by atoms with Gasteiger partial charge in [-0.05, 0) is 12.5 Å². The number of amides is 1. The van der Waals surface area contributed by atoms with Gasteiger partial charge in [0.25, 0.3) is 0 Å². The van der Waals surface area contributed by atoms with Gasteiger partial charge in [0.1, 0.15) is 5.82 Å². The van der Waals surface area contributed by atoms with Crippen LogP contribution in [0.5, 0.6) is 0 Å². The van der Waals surface area contributed by atoms with Crippen molar-refractivity contribution >= 4 is 17.9 Å². The summed E-state index contributed by atoms with van der Waals surface area (Å²) in [6, 6.07) is 3.66. The van der Waals surface area contributed by atoms with Crippen molar-refractivity contribution in [3.05, 3.63) is 18.3 Å². The fraction of sp³-hybridized carbons (Fsp3) is 0.429. The Morgan fingerprint density at radius 2 is 2.26 bits per heavy atom. The third kappa shape index (κ3) is 2.89. The Hall–Kier alpha value is -2.84. The highest BCUT2D eigenvalue weighted by atomic mass is 16.4. The summed E-state index contributed by atoms with van der Waals surface area (Å²) in [5.41, 5.74) is 7.39. The van der Waals surface area contributed by atoms with Crippen molar-refractivity contribution in [3.8, 4) is 11.4 Å². The van der Waals surface area contributed by atoms with Crippen LogP contribution in [-0.2, 0) is 7.05 Å². The SMILES string of the molecule is CN(C(=O)O)C1CCN(c2cc(-c3ccnn3C)nc(N)n2)C1. The maximum Gasteiger partial charge on any atom is 0.407 e. The van der Waals surface area contributed by atoms with E-state index >= 15 is 0 Å². The summed E-state index contributed by atoms with van der Waals surface area (Å²) >= 11 is 0.